The topological polar surface area (TPSA) is 62.3 Å². The third kappa shape index (κ3) is 3.78. The predicted octanol–water partition coefficient (Wildman–Crippen LogP) is 2.38. The summed E-state index contributed by atoms with van der Waals surface area (Å²) < 4.78 is 10.8. The highest BCUT2D eigenvalue weighted by Crippen LogP contribution is 2.31. The Balaban J connectivity index is 1.35. The van der Waals surface area contributed by atoms with E-state index in [0.29, 0.717) is 17.8 Å². The van der Waals surface area contributed by atoms with E-state index in [9.17, 15) is 9.59 Å². The van der Waals surface area contributed by atoms with Crippen molar-refractivity contribution in [3.8, 4) is 11.5 Å². The van der Waals surface area contributed by atoms with E-state index in [1.165, 1.54) is 16.0 Å². The van der Waals surface area contributed by atoms with Crippen molar-refractivity contribution in [2.75, 3.05) is 47.1 Å². The first-order valence-electron chi connectivity index (χ1n) is 10.1. The Kier molecular flexibility index (Phi) is 5.74. The summed E-state index contributed by atoms with van der Waals surface area (Å²) in [6.45, 7) is 6.60. The van der Waals surface area contributed by atoms with Crippen molar-refractivity contribution in [1.82, 2.24) is 14.7 Å². The summed E-state index contributed by atoms with van der Waals surface area (Å²) in [5.41, 5.74) is 3.39. The van der Waals surface area contributed by atoms with Crippen LogP contribution >= 0.6 is 0 Å². The van der Waals surface area contributed by atoms with Crippen LogP contribution in [0.15, 0.2) is 36.4 Å². The number of nitrogens with zero attached hydrogens (tertiary/aromatic N) is 3. The van der Waals surface area contributed by atoms with Crippen LogP contribution in [0.1, 0.15) is 31.8 Å². The maximum absolute atomic E-state index is 12.6. The molecule has 4 rings (SSSR count). The first-order valence-corrected chi connectivity index (χ1v) is 10.1. The summed E-state index contributed by atoms with van der Waals surface area (Å²) in [6, 6.07) is 11.1. The van der Waals surface area contributed by atoms with Crippen molar-refractivity contribution < 1.29 is 19.1 Å². The number of methoxy groups -OCH3 is 2. The summed E-state index contributed by atoms with van der Waals surface area (Å²) in [5.74, 6) is 1.09. The minimum atomic E-state index is -0.195. The Morgan fingerprint density at radius 1 is 0.833 bits per heavy atom. The number of amides is 2. The number of rotatable bonds is 6. The molecule has 2 aliphatic heterocycles. The number of aryl methyl sites for hydroxylation is 1. The molecule has 2 aromatic rings. The molecular weight excluding hydrogens is 382 g/mol. The zero-order valence-corrected chi connectivity index (χ0v) is 17.7. The lowest BCUT2D eigenvalue weighted by Crippen LogP contribution is -2.50. The highest BCUT2D eigenvalue weighted by atomic mass is 16.5. The standard InChI is InChI=1S/C23H27N3O4/c1-16-12-20(29-2)21(30-3)13-17(16)14-24-8-10-25(11-9-24)15-26-22(27)18-6-4-5-7-19(18)23(26)28/h4-7,12-13H,8-11,14-15H2,1-3H3. The molecule has 0 atom stereocenters. The maximum atomic E-state index is 12.6. The molecule has 2 amide bonds. The zero-order chi connectivity index (χ0) is 21.3. The SMILES string of the molecule is COc1cc(C)c(CN2CCN(CN3C(=O)c4ccccc4C3=O)CC2)cc1OC. The second-order valence-electron chi connectivity index (χ2n) is 7.75. The van der Waals surface area contributed by atoms with Gasteiger partial charge < -0.3 is 9.47 Å². The quantitative estimate of drug-likeness (QED) is 0.683. The van der Waals surface area contributed by atoms with Gasteiger partial charge >= 0.3 is 0 Å². The third-order valence-corrected chi connectivity index (χ3v) is 5.92. The van der Waals surface area contributed by atoms with Crippen LogP contribution < -0.4 is 9.47 Å². The molecule has 0 spiro atoms. The first kappa shape index (κ1) is 20.4. The molecule has 7 heteroatoms. The van der Waals surface area contributed by atoms with E-state index in [1.807, 2.05) is 12.1 Å². The zero-order valence-electron chi connectivity index (χ0n) is 17.7. The van der Waals surface area contributed by atoms with E-state index in [2.05, 4.69) is 16.7 Å². The number of benzene rings is 2. The summed E-state index contributed by atoms with van der Waals surface area (Å²) in [4.78, 5) is 31.1. The van der Waals surface area contributed by atoms with Crippen LogP contribution in [0, 0.1) is 6.92 Å². The molecule has 0 saturated carbocycles. The number of carbonyl (C=O) groups excluding carboxylic acids is 2. The highest BCUT2D eigenvalue weighted by molar-refractivity contribution is 6.21. The van der Waals surface area contributed by atoms with Crippen LogP contribution in [0.5, 0.6) is 11.5 Å². The minimum Gasteiger partial charge on any atom is -0.493 e. The molecule has 1 fully saturated rings. The largest absolute Gasteiger partial charge is 0.493 e. The van der Waals surface area contributed by atoms with Gasteiger partial charge in [-0.2, -0.15) is 0 Å². The lowest BCUT2D eigenvalue weighted by Gasteiger charge is -2.36. The second kappa shape index (κ2) is 8.45. The Hall–Kier alpha value is -2.90. The molecule has 0 bridgehead atoms. The van der Waals surface area contributed by atoms with Crippen LogP contribution in [0.4, 0.5) is 0 Å². The summed E-state index contributed by atoms with van der Waals surface area (Å²) in [6.07, 6.45) is 0. The van der Waals surface area contributed by atoms with Gasteiger partial charge in [0.15, 0.2) is 11.5 Å². The van der Waals surface area contributed by atoms with Gasteiger partial charge in [-0.1, -0.05) is 12.1 Å². The van der Waals surface area contributed by atoms with Gasteiger partial charge in [0.1, 0.15) is 0 Å². The first-order chi connectivity index (χ1) is 14.5. The number of imide groups is 1. The van der Waals surface area contributed by atoms with Gasteiger partial charge in [-0.25, -0.2) is 0 Å². The van der Waals surface area contributed by atoms with Gasteiger partial charge in [-0.15, -0.1) is 0 Å². The number of hydrogen-bond donors (Lipinski definition) is 0. The molecule has 2 aromatic carbocycles. The summed E-state index contributed by atoms with van der Waals surface area (Å²) >= 11 is 0. The molecule has 0 aromatic heterocycles. The second-order valence-corrected chi connectivity index (χ2v) is 7.75. The van der Waals surface area contributed by atoms with Crippen LogP contribution in [0.2, 0.25) is 0 Å². The molecule has 2 aliphatic rings. The van der Waals surface area contributed by atoms with Gasteiger partial charge in [0.25, 0.3) is 11.8 Å². The Morgan fingerprint density at radius 2 is 1.37 bits per heavy atom. The Morgan fingerprint density at radius 3 is 1.93 bits per heavy atom. The van der Waals surface area contributed by atoms with Crippen molar-refractivity contribution >= 4 is 11.8 Å². The number of hydrogen-bond acceptors (Lipinski definition) is 6. The van der Waals surface area contributed by atoms with Gasteiger partial charge in [0.05, 0.1) is 32.0 Å². The fourth-order valence-electron chi connectivity index (χ4n) is 4.09. The van der Waals surface area contributed by atoms with Crippen molar-refractivity contribution in [3.63, 3.8) is 0 Å². The minimum absolute atomic E-state index is 0.195. The number of ether oxygens (including phenoxy) is 2. The lowest BCUT2D eigenvalue weighted by atomic mass is 10.1. The Labute approximate surface area is 176 Å². The van der Waals surface area contributed by atoms with Crippen LogP contribution in [0.25, 0.3) is 0 Å². The lowest BCUT2D eigenvalue weighted by molar-refractivity contribution is 0.0447. The molecule has 2 heterocycles. The highest BCUT2D eigenvalue weighted by Gasteiger charge is 2.36. The molecule has 0 radical (unpaired) electrons. The maximum Gasteiger partial charge on any atom is 0.262 e. The van der Waals surface area contributed by atoms with E-state index < -0.39 is 0 Å². The third-order valence-electron chi connectivity index (χ3n) is 5.92. The molecular formula is C23H27N3O4. The van der Waals surface area contributed by atoms with E-state index in [1.54, 1.807) is 38.5 Å². The molecule has 158 valence electrons. The number of carbonyl (C=O) groups is 2. The van der Waals surface area contributed by atoms with Gasteiger partial charge in [0, 0.05) is 32.7 Å². The molecule has 1 saturated heterocycles. The normalized spacial score (nSPS) is 17.4. The molecule has 0 N–H and O–H groups in total. The average Bonchev–Trinajstić information content (AvgIpc) is 3.01. The summed E-state index contributed by atoms with van der Waals surface area (Å²) in [7, 11) is 3.29. The molecule has 0 unspecified atom stereocenters. The average molecular weight is 409 g/mol. The molecule has 30 heavy (non-hydrogen) atoms. The number of fused-ring (bicyclic) bond motifs is 1. The van der Waals surface area contributed by atoms with Gasteiger partial charge in [-0.05, 0) is 42.3 Å². The fraction of sp³-hybridized carbons (Fsp3) is 0.391. The monoisotopic (exact) mass is 409 g/mol. The Bertz CT molecular complexity index is 932. The van der Waals surface area contributed by atoms with E-state index in [4.69, 9.17) is 9.47 Å². The van der Waals surface area contributed by atoms with Gasteiger partial charge in [-0.3, -0.25) is 24.3 Å². The van der Waals surface area contributed by atoms with Gasteiger partial charge in [0.2, 0.25) is 0 Å². The van der Waals surface area contributed by atoms with Crippen LogP contribution in [0.3, 0.4) is 0 Å². The molecule has 7 nitrogen and oxygen atoms in total. The van der Waals surface area contributed by atoms with Crippen LogP contribution in [-0.4, -0.2) is 73.6 Å². The van der Waals surface area contributed by atoms with E-state index in [-0.39, 0.29) is 11.8 Å². The van der Waals surface area contributed by atoms with Crippen molar-refractivity contribution in [2.24, 2.45) is 0 Å². The van der Waals surface area contributed by atoms with Crippen molar-refractivity contribution in [1.29, 1.82) is 0 Å². The molecule has 0 aliphatic carbocycles. The van der Waals surface area contributed by atoms with Crippen molar-refractivity contribution in [3.05, 3.63) is 58.7 Å². The predicted molar refractivity (Wildman–Crippen MR) is 113 cm³/mol. The van der Waals surface area contributed by atoms with Crippen LogP contribution in [-0.2, 0) is 6.54 Å². The van der Waals surface area contributed by atoms with E-state index >= 15 is 0 Å². The summed E-state index contributed by atoms with van der Waals surface area (Å²) in [5, 5.41) is 0. The number of piperazine rings is 1. The van der Waals surface area contributed by atoms with E-state index in [0.717, 1.165) is 44.2 Å². The fourth-order valence-corrected chi connectivity index (χ4v) is 4.09. The van der Waals surface area contributed by atoms with Crippen molar-refractivity contribution in [2.45, 2.75) is 13.5 Å². The smallest absolute Gasteiger partial charge is 0.262 e.